The molecule has 0 N–H and O–H groups in total. The van der Waals surface area contributed by atoms with E-state index in [0.717, 1.165) is 31.4 Å². The fraction of sp³-hybridized carbons (Fsp3) is 0.500. The second kappa shape index (κ2) is 8.49. The average Bonchev–Trinajstić information content (AvgIpc) is 3.15. The van der Waals surface area contributed by atoms with Gasteiger partial charge in [-0.1, -0.05) is 19.3 Å². The first-order valence-corrected chi connectivity index (χ1v) is 8.61. The molecule has 1 saturated carbocycles. The van der Waals surface area contributed by atoms with Crippen molar-refractivity contribution < 1.29 is 23.7 Å². The van der Waals surface area contributed by atoms with Gasteiger partial charge in [0, 0.05) is 13.1 Å². The number of nitriles is 1. The third kappa shape index (κ3) is 4.73. The van der Waals surface area contributed by atoms with E-state index in [4.69, 9.17) is 9.15 Å². The van der Waals surface area contributed by atoms with Gasteiger partial charge in [0.15, 0.2) is 6.10 Å². The summed E-state index contributed by atoms with van der Waals surface area (Å²) in [6, 6.07) is 4.75. The van der Waals surface area contributed by atoms with Crippen molar-refractivity contribution in [3.63, 3.8) is 0 Å². The maximum Gasteiger partial charge on any atom is 0.433 e. The lowest BCUT2D eigenvalue weighted by Crippen LogP contribution is -2.53. The lowest BCUT2D eigenvalue weighted by molar-refractivity contribution is -0.402. The Bertz CT molecular complexity index is 785. The highest BCUT2D eigenvalue weighted by atomic mass is 16.6. The molecule has 0 unspecified atom stereocenters. The number of carbonyl (C=O) groups excluding carboxylic acids is 2. The second-order valence-electron chi connectivity index (χ2n) is 6.45. The van der Waals surface area contributed by atoms with Crippen LogP contribution in [0.3, 0.4) is 0 Å². The molecule has 0 aliphatic heterocycles. The van der Waals surface area contributed by atoms with Crippen LogP contribution in [0.1, 0.15) is 44.8 Å². The van der Waals surface area contributed by atoms with Crippen LogP contribution >= 0.6 is 0 Å². The largest absolute Gasteiger partial charge is 0.449 e. The van der Waals surface area contributed by atoms with Crippen molar-refractivity contribution in [1.82, 2.24) is 4.90 Å². The van der Waals surface area contributed by atoms with E-state index in [0.29, 0.717) is 12.8 Å². The summed E-state index contributed by atoms with van der Waals surface area (Å²) in [5, 5.41) is 20.1. The van der Waals surface area contributed by atoms with E-state index in [2.05, 4.69) is 6.07 Å². The molecule has 1 amide bonds. The molecule has 0 bridgehead atoms. The zero-order chi connectivity index (χ0) is 20.0. The smallest absolute Gasteiger partial charge is 0.433 e. The molecule has 9 heteroatoms. The maximum atomic E-state index is 12.6. The lowest BCUT2D eigenvalue weighted by Gasteiger charge is -2.39. The minimum absolute atomic E-state index is 0.111. The van der Waals surface area contributed by atoms with E-state index in [9.17, 15) is 25.0 Å². The Hall–Kier alpha value is -3.15. The molecule has 9 nitrogen and oxygen atoms in total. The van der Waals surface area contributed by atoms with Crippen molar-refractivity contribution in [3.05, 3.63) is 34.1 Å². The van der Waals surface area contributed by atoms with E-state index in [1.807, 2.05) is 0 Å². The van der Waals surface area contributed by atoms with Crippen LogP contribution in [0.25, 0.3) is 6.08 Å². The lowest BCUT2D eigenvalue weighted by atomic mass is 9.81. The van der Waals surface area contributed by atoms with E-state index in [-0.39, 0.29) is 5.76 Å². The maximum absolute atomic E-state index is 12.6. The number of likely N-dealkylation sites (N-methyl/N-ethyl adjacent to an activating group) is 1. The van der Waals surface area contributed by atoms with Crippen molar-refractivity contribution in [2.24, 2.45) is 0 Å². The summed E-state index contributed by atoms with van der Waals surface area (Å²) in [5.41, 5.74) is -0.862. The Kier molecular flexibility index (Phi) is 6.34. The van der Waals surface area contributed by atoms with Crippen molar-refractivity contribution in [2.45, 2.75) is 50.7 Å². The SMILES string of the molecule is C[C@H](OC(=O)/C=C/c1ccc([N+](=O)[O-])o1)C(=O)N(C)C1(C#N)CCCCC1. The van der Waals surface area contributed by atoms with Crippen LogP contribution in [0.15, 0.2) is 22.6 Å². The van der Waals surface area contributed by atoms with Gasteiger partial charge in [0.25, 0.3) is 5.91 Å². The van der Waals surface area contributed by atoms with E-state index in [1.165, 1.54) is 24.0 Å². The van der Waals surface area contributed by atoms with Crippen LogP contribution in [0.4, 0.5) is 5.88 Å². The van der Waals surface area contributed by atoms with Crippen LogP contribution in [0.5, 0.6) is 0 Å². The van der Waals surface area contributed by atoms with Gasteiger partial charge >= 0.3 is 11.9 Å². The van der Waals surface area contributed by atoms with Crippen LogP contribution in [-0.2, 0) is 14.3 Å². The Balaban J connectivity index is 1.96. The zero-order valence-electron chi connectivity index (χ0n) is 15.2. The first-order chi connectivity index (χ1) is 12.8. The molecule has 0 aromatic carbocycles. The van der Waals surface area contributed by atoms with Crippen molar-refractivity contribution in [3.8, 4) is 6.07 Å². The van der Waals surface area contributed by atoms with Gasteiger partial charge in [-0.15, -0.1) is 0 Å². The van der Waals surface area contributed by atoms with Gasteiger partial charge in [0.05, 0.1) is 12.1 Å². The summed E-state index contributed by atoms with van der Waals surface area (Å²) in [5.74, 6) is -1.57. The topological polar surface area (TPSA) is 127 Å². The predicted octanol–water partition coefficient (Wildman–Crippen LogP) is 2.82. The number of hydrogen-bond donors (Lipinski definition) is 0. The van der Waals surface area contributed by atoms with Gasteiger partial charge in [-0.25, -0.2) is 4.79 Å². The van der Waals surface area contributed by atoms with Gasteiger partial charge in [0.1, 0.15) is 16.2 Å². The van der Waals surface area contributed by atoms with Crippen LogP contribution in [-0.4, -0.2) is 40.4 Å². The van der Waals surface area contributed by atoms with Gasteiger partial charge in [-0.3, -0.25) is 14.9 Å². The number of esters is 1. The number of nitrogens with zero attached hydrogens (tertiary/aromatic N) is 3. The Morgan fingerprint density at radius 1 is 1.41 bits per heavy atom. The summed E-state index contributed by atoms with van der Waals surface area (Å²) in [6.07, 6.45) is 5.15. The molecule has 2 rings (SSSR count). The number of nitro groups is 1. The minimum atomic E-state index is -1.06. The molecule has 27 heavy (non-hydrogen) atoms. The van der Waals surface area contributed by atoms with Crippen molar-refractivity contribution >= 4 is 23.8 Å². The number of amides is 1. The quantitative estimate of drug-likeness (QED) is 0.324. The molecule has 1 aromatic rings. The normalized spacial score (nSPS) is 17.1. The molecule has 1 heterocycles. The average molecular weight is 375 g/mol. The summed E-state index contributed by atoms with van der Waals surface area (Å²) in [6.45, 7) is 1.44. The Labute approximate surface area is 156 Å². The molecule has 144 valence electrons. The fourth-order valence-corrected chi connectivity index (χ4v) is 3.09. The highest BCUT2D eigenvalue weighted by Crippen LogP contribution is 2.32. The molecule has 0 radical (unpaired) electrons. The Morgan fingerprint density at radius 2 is 2.07 bits per heavy atom. The van der Waals surface area contributed by atoms with E-state index in [1.54, 1.807) is 7.05 Å². The molecule has 1 aromatic heterocycles. The third-order valence-corrected chi connectivity index (χ3v) is 4.68. The number of hydrogen-bond acceptors (Lipinski definition) is 7. The molecule has 1 aliphatic carbocycles. The highest BCUT2D eigenvalue weighted by molar-refractivity contribution is 5.90. The van der Waals surface area contributed by atoms with Crippen LogP contribution < -0.4 is 0 Å². The van der Waals surface area contributed by atoms with E-state index >= 15 is 0 Å². The van der Waals surface area contributed by atoms with E-state index < -0.39 is 34.3 Å². The number of rotatable bonds is 6. The molecule has 0 spiro atoms. The molecule has 1 aliphatic rings. The van der Waals surface area contributed by atoms with Gasteiger partial charge < -0.3 is 14.1 Å². The van der Waals surface area contributed by atoms with Crippen molar-refractivity contribution in [1.29, 1.82) is 5.26 Å². The van der Waals surface area contributed by atoms with Crippen LogP contribution in [0, 0.1) is 21.4 Å². The summed E-state index contributed by atoms with van der Waals surface area (Å²) < 4.78 is 9.98. The molecule has 1 atom stereocenters. The van der Waals surface area contributed by atoms with Gasteiger partial charge in [-0.2, -0.15) is 5.26 Å². The second-order valence-corrected chi connectivity index (χ2v) is 6.45. The molecular weight excluding hydrogens is 354 g/mol. The minimum Gasteiger partial charge on any atom is -0.449 e. The monoisotopic (exact) mass is 375 g/mol. The summed E-state index contributed by atoms with van der Waals surface area (Å²) in [7, 11) is 1.55. The third-order valence-electron chi connectivity index (χ3n) is 4.68. The predicted molar refractivity (Wildman–Crippen MR) is 94.1 cm³/mol. The summed E-state index contributed by atoms with van der Waals surface area (Å²) in [4.78, 5) is 35.7. The molecule has 1 fully saturated rings. The first kappa shape index (κ1) is 20.2. The van der Waals surface area contributed by atoms with Crippen LogP contribution in [0.2, 0.25) is 0 Å². The fourth-order valence-electron chi connectivity index (χ4n) is 3.09. The number of furan rings is 1. The highest BCUT2D eigenvalue weighted by Gasteiger charge is 2.40. The Morgan fingerprint density at radius 3 is 2.63 bits per heavy atom. The first-order valence-electron chi connectivity index (χ1n) is 8.61. The van der Waals surface area contributed by atoms with Gasteiger partial charge in [0.2, 0.25) is 0 Å². The number of ether oxygens (including phenoxy) is 1. The number of carbonyl (C=O) groups is 2. The zero-order valence-corrected chi connectivity index (χ0v) is 15.2. The molecular formula is C18H21N3O6. The summed E-state index contributed by atoms with van der Waals surface area (Å²) >= 11 is 0. The van der Waals surface area contributed by atoms with Crippen molar-refractivity contribution in [2.75, 3.05) is 7.05 Å². The van der Waals surface area contributed by atoms with Gasteiger partial charge in [-0.05, 0) is 31.9 Å². The molecule has 0 saturated heterocycles. The standard InChI is InChI=1S/C18H21N3O6/c1-13(17(23)20(2)18(12-19)10-4-3-5-11-18)26-16(22)9-7-14-6-8-15(27-14)21(24)25/h6-9,13H,3-5,10-11H2,1-2H3/b9-7+/t13-/m0/s1.